The lowest BCUT2D eigenvalue weighted by Gasteiger charge is -2.29. The number of ether oxygens (including phenoxy) is 2. The maximum absolute atomic E-state index is 15.3. The summed E-state index contributed by atoms with van der Waals surface area (Å²) in [4.78, 5) is 45.6. The minimum absolute atomic E-state index is 0.131. The monoisotopic (exact) mass is 664 g/mol. The Bertz CT molecular complexity index is 2030. The standard InChI is InChI=1S/C38H41FN6O4/c1-37(2,3)48-35(46)44-28-15-23(28)17-30(44)33-40-19-27(42-33)22-11-9-20(10-12-22)7-8-21-13-25(39)32-26(14-21)41-34(43-32)31-18-24-16-29(24)45(31)36(47)49-38(4,5)6/h9-14,19,23-24,28-31H,15-18H2,1-6H3,(H,40,42)(H,41,43)/t23-,24-,28-,29-,30+,31+/m1/s1. The number of likely N-dealkylation sites (tertiary alicyclic amines) is 2. The largest absolute Gasteiger partial charge is 0.444 e. The molecule has 4 heterocycles. The normalized spacial score (nSPS) is 25.4. The highest BCUT2D eigenvalue weighted by Gasteiger charge is 2.57. The van der Waals surface area contributed by atoms with Gasteiger partial charge in [-0.3, -0.25) is 9.80 Å². The lowest BCUT2D eigenvalue weighted by atomic mass is 10.1. The summed E-state index contributed by atoms with van der Waals surface area (Å²) in [6.45, 7) is 11.2. The first-order valence-corrected chi connectivity index (χ1v) is 17.1. The summed E-state index contributed by atoms with van der Waals surface area (Å²) in [5.74, 6) is 8.01. The van der Waals surface area contributed by atoms with Gasteiger partial charge in [0.25, 0.3) is 0 Å². The number of fused-ring (bicyclic) bond motifs is 3. The van der Waals surface area contributed by atoms with E-state index < -0.39 is 17.0 Å². The summed E-state index contributed by atoms with van der Waals surface area (Å²) in [5, 5.41) is 0. The van der Waals surface area contributed by atoms with Gasteiger partial charge in [-0.25, -0.2) is 23.9 Å². The van der Waals surface area contributed by atoms with Crippen molar-refractivity contribution < 1.29 is 23.5 Å². The molecule has 10 nitrogen and oxygen atoms in total. The van der Waals surface area contributed by atoms with Crippen LogP contribution >= 0.6 is 0 Å². The molecule has 49 heavy (non-hydrogen) atoms. The average molecular weight is 665 g/mol. The molecule has 4 aliphatic rings. The number of imidazole rings is 2. The highest BCUT2D eigenvalue weighted by atomic mass is 19.1. The van der Waals surface area contributed by atoms with Gasteiger partial charge in [0.15, 0.2) is 5.82 Å². The highest BCUT2D eigenvalue weighted by Crippen LogP contribution is 2.54. The van der Waals surface area contributed by atoms with Crippen molar-refractivity contribution >= 4 is 23.2 Å². The summed E-state index contributed by atoms with van der Waals surface area (Å²) < 4.78 is 26.6. The van der Waals surface area contributed by atoms with Crippen molar-refractivity contribution in [2.75, 3.05) is 0 Å². The van der Waals surface area contributed by atoms with E-state index in [1.807, 2.05) is 70.7 Å². The van der Waals surface area contributed by atoms with Crippen LogP contribution in [0.15, 0.2) is 42.6 Å². The van der Waals surface area contributed by atoms with Gasteiger partial charge in [0, 0.05) is 23.2 Å². The molecule has 254 valence electrons. The van der Waals surface area contributed by atoms with Crippen molar-refractivity contribution in [1.82, 2.24) is 29.7 Å². The molecule has 2 aromatic carbocycles. The third-order valence-electron chi connectivity index (χ3n) is 9.75. The molecule has 0 unspecified atom stereocenters. The first-order valence-electron chi connectivity index (χ1n) is 17.1. The maximum Gasteiger partial charge on any atom is 0.411 e. The Balaban J connectivity index is 0.967. The van der Waals surface area contributed by atoms with Gasteiger partial charge in [0.1, 0.15) is 28.4 Å². The molecule has 2 N–H and O–H groups in total. The highest BCUT2D eigenvalue weighted by molar-refractivity contribution is 5.78. The van der Waals surface area contributed by atoms with Gasteiger partial charge in [-0.1, -0.05) is 24.0 Å². The number of aromatic nitrogens is 4. The van der Waals surface area contributed by atoms with Crippen molar-refractivity contribution in [3.63, 3.8) is 0 Å². The van der Waals surface area contributed by atoms with Crippen LogP contribution in [0.25, 0.3) is 22.3 Å². The summed E-state index contributed by atoms with van der Waals surface area (Å²) in [6.07, 6.45) is 4.79. The molecule has 2 aliphatic heterocycles. The van der Waals surface area contributed by atoms with Crippen LogP contribution in [0.1, 0.15) is 102 Å². The smallest absolute Gasteiger partial charge is 0.411 e. The minimum atomic E-state index is -0.604. The third-order valence-corrected chi connectivity index (χ3v) is 9.75. The van der Waals surface area contributed by atoms with E-state index in [0.717, 1.165) is 48.3 Å². The van der Waals surface area contributed by atoms with Crippen molar-refractivity contribution in [3.8, 4) is 23.1 Å². The van der Waals surface area contributed by atoms with E-state index >= 15 is 4.39 Å². The molecule has 4 fully saturated rings. The molecule has 2 saturated carbocycles. The number of piperidine rings is 2. The number of rotatable bonds is 3. The lowest BCUT2D eigenvalue weighted by Crippen LogP contribution is -2.38. The van der Waals surface area contributed by atoms with Crippen LogP contribution in [0.2, 0.25) is 0 Å². The van der Waals surface area contributed by atoms with Crippen molar-refractivity contribution in [1.29, 1.82) is 0 Å². The van der Waals surface area contributed by atoms with E-state index in [0.29, 0.717) is 28.7 Å². The fourth-order valence-electron chi connectivity index (χ4n) is 7.41. The number of carbonyl (C=O) groups is 2. The molecular weight excluding hydrogens is 623 g/mol. The molecule has 0 spiro atoms. The summed E-state index contributed by atoms with van der Waals surface area (Å²) >= 11 is 0. The van der Waals surface area contributed by atoms with Gasteiger partial charge in [0.05, 0.1) is 29.5 Å². The molecule has 2 aromatic heterocycles. The number of halogens is 1. The zero-order valence-electron chi connectivity index (χ0n) is 28.6. The van der Waals surface area contributed by atoms with Crippen molar-refractivity contribution in [2.45, 2.75) is 103 Å². The Morgan fingerprint density at radius 2 is 1.37 bits per heavy atom. The second kappa shape index (κ2) is 11.1. The van der Waals surface area contributed by atoms with Crippen molar-refractivity contribution in [3.05, 3.63) is 71.2 Å². The Morgan fingerprint density at radius 1 is 0.796 bits per heavy atom. The van der Waals surface area contributed by atoms with Gasteiger partial charge >= 0.3 is 12.2 Å². The topological polar surface area (TPSA) is 116 Å². The maximum atomic E-state index is 15.3. The number of benzene rings is 2. The van der Waals surface area contributed by atoms with E-state index in [4.69, 9.17) is 9.47 Å². The van der Waals surface area contributed by atoms with Gasteiger partial charge < -0.3 is 19.4 Å². The van der Waals surface area contributed by atoms with Crippen LogP contribution in [0.3, 0.4) is 0 Å². The van der Waals surface area contributed by atoms with E-state index in [1.165, 1.54) is 6.07 Å². The number of aromatic amines is 2. The van der Waals surface area contributed by atoms with Crippen LogP contribution in [0.4, 0.5) is 14.0 Å². The zero-order chi connectivity index (χ0) is 34.4. The first kappa shape index (κ1) is 31.4. The van der Waals surface area contributed by atoms with E-state index in [9.17, 15) is 9.59 Å². The quantitative estimate of drug-likeness (QED) is 0.218. The van der Waals surface area contributed by atoms with Crippen LogP contribution in [-0.4, -0.2) is 65.2 Å². The zero-order valence-corrected chi connectivity index (χ0v) is 28.6. The molecule has 4 aromatic rings. The fourth-order valence-corrected chi connectivity index (χ4v) is 7.41. The number of carbonyl (C=O) groups excluding carboxylic acids is 2. The molecule has 2 aliphatic carbocycles. The molecule has 0 radical (unpaired) electrons. The van der Waals surface area contributed by atoms with E-state index in [-0.39, 0.29) is 41.9 Å². The number of H-pyrrole nitrogens is 2. The van der Waals surface area contributed by atoms with Gasteiger partial charge in [-0.05, 0) is 109 Å². The fraction of sp³-hybridized carbons (Fsp3) is 0.474. The van der Waals surface area contributed by atoms with Crippen LogP contribution in [-0.2, 0) is 9.47 Å². The predicted octanol–water partition coefficient (Wildman–Crippen LogP) is 7.63. The Morgan fingerprint density at radius 3 is 1.96 bits per heavy atom. The van der Waals surface area contributed by atoms with Crippen LogP contribution in [0.5, 0.6) is 0 Å². The summed E-state index contributed by atoms with van der Waals surface area (Å²) in [7, 11) is 0. The van der Waals surface area contributed by atoms with Crippen LogP contribution in [0, 0.1) is 29.5 Å². The van der Waals surface area contributed by atoms with Crippen molar-refractivity contribution in [2.24, 2.45) is 11.8 Å². The molecular formula is C38H41FN6O4. The van der Waals surface area contributed by atoms with Gasteiger partial charge in [0.2, 0.25) is 0 Å². The SMILES string of the molecule is CC(C)(C)OC(=O)N1[C@@H]2C[C@@H]2C[C@H]1c1ncc(-c2ccc(C#Cc3cc(F)c4nc([C@@H]5C[C@H]6C[C@H]6N5C(=O)OC(C)(C)C)[nH]c4c3)cc2)[nH]1. The first-order chi connectivity index (χ1) is 23.2. The number of hydrogen-bond acceptors (Lipinski definition) is 6. The third kappa shape index (κ3) is 6.13. The van der Waals surface area contributed by atoms with E-state index in [2.05, 4.69) is 31.8 Å². The number of amides is 2. The predicted molar refractivity (Wildman–Crippen MR) is 181 cm³/mol. The Hall–Kier alpha value is -4.85. The van der Waals surface area contributed by atoms with Gasteiger partial charge in [-0.2, -0.15) is 0 Å². The number of nitrogens with zero attached hydrogens (tertiary/aromatic N) is 4. The Kier molecular flexibility index (Phi) is 7.11. The Labute approximate surface area is 284 Å². The lowest BCUT2D eigenvalue weighted by molar-refractivity contribution is 0.0164. The molecule has 8 rings (SSSR count). The average Bonchev–Trinajstić information content (AvgIpc) is 3.64. The van der Waals surface area contributed by atoms with E-state index in [1.54, 1.807) is 17.2 Å². The molecule has 6 atom stereocenters. The number of nitrogens with one attached hydrogen (secondary N) is 2. The second-order valence-corrected chi connectivity index (χ2v) is 15.9. The van der Waals surface area contributed by atoms with Crippen LogP contribution < -0.4 is 0 Å². The molecule has 11 heteroatoms. The van der Waals surface area contributed by atoms with Gasteiger partial charge in [-0.15, -0.1) is 0 Å². The number of hydrogen-bond donors (Lipinski definition) is 2. The molecule has 2 amide bonds. The molecule has 2 saturated heterocycles. The second-order valence-electron chi connectivity index (χ2n) is 15.9. The minimum Gasteiger partial charge on any atom is -0.444 e. The molecule has 0 bridgehead atoms. The summed E-state index contributed by atoms with van der Waals surface area (Å²) in [5.41, 5.74) is 2.71. The summed E-state index contributed by atoms with van der Waals surface area (Å²) in [6, 6.07) is 10.9.